The summed E-state index contributed by atoms with van der Waals surface area (Å²) in [5.41, 5.74) is 5.43. The topological polar surface area (TPSA) is 125 Å². The number of carbonyl (C=O) groups excluding carboxylic acids is 3. The highest BCUT2D eigenvalue weighted by atomic mass is 16.2. The van der Waals surface area contributed by atoms with E-state index >= 15 is 0 Å². The van der Waals surface area contributed by atoms with Crippen molar-refractivity contribution in [3.63, 3.8) is 0 Å². The zero-order valence-electron chi connectivity index (χ0n) is 17.4. The van der Waals surface area contributed by atoms with Crippen LogP contribution >= 0.6 is 0 Å². The fourth-order valence-electron chi connectivity index (χ4n) is 3.26. The number of nitrogens with one attached hydrogen (secondary N) is 4. The Labute approximate surface area is 169 Å². The van der Waals surface area contributed by atoms with Gasteiger partial charge in [-0.2, -0.15) is 0 Å². The van der Waals surface area contributed by atoms with E-state index in [0.717, 1.165) is 64.6 Å². The Bertz CT molecular complexity index is 467. The predicted octanol–water partition coefficient (Wildman–Crippen LogP) is 0.413. The number of amides is 3. The number of unbranched alkanes of at least 4 members (excludes halogenated alkanes) is 1. The van der Waals surface area contributed by atoms with E-state index in [1.165, 1.54) is 6.42 Å². The second-order valence-corrected chi connectivity index (χ2v) is 7.56. The van der Waals surface area contributed by atoms with Crippen molar-refractivity contribution in [1.82, 2.24) is 21.3 Å². The standard InChI is InChI=1S/C20H39N5O3/c1-16(25-20(28)17-8-3-2-4-9-17)19(27)24-15-10-18(26)23-14-7-13-22-12-6-5-11-21/h16-17,22H,2-15,21H2,1H3,(H,23,26)(H,24,27)(H,25,28). The summed E-state index contributed by atoms with van der Waals surface area (Å²) >= 11 is 0. The van der Waals surface area contributed by atoms with Crippen LogP contribution in [0.3, 0.4) is 0 Å². The number of rotatable bonds is 14. The molecule has 1 aliphatic carbocycles. The Morgan fingerprint density at radius 3 is 2.36 bits per heavy atom. The van der Waals surface area contributed by atoms with Gasteiger partial charge in [-0.25, -0.2) is 0 Å². The lowest BCUT2D eigenvalue weighted by Gasteiger charge is -2.22. The van der Waals surface area contributed by atoms with Crippen molar-refractivity contribution < 1.29 is 14.4 Å². The Morgan fingerprint density at radius 1 is 0.929 bits per heavy atom. The van der Waals surface area contributed by atoms with Crippen LogP contribution in [0.15, 0.2) is 0 Å². The quantitative estimate of drug-likeness (QED) is 0.272. The smallest absolute Gasteiger partial charge is 0.242 e. The summed E-state index contributed by atoms with van der Waals surface area (Å²) in [6, 6.07) is -0.581. The second kappa shape index (κ2) is 15.3. The summed E-state index contributed by atoms with van der Waals surface area (Å²) in [6.07, 6.45) is 8.36. The van der Waals surface area contributed by atoms with Gasteiger partial charge in [0, 0.05) is 25.4 Å². The van der Waals surface area contributed by atoms with E-state index in [9.17, 15) is 14.4 Å². The highest BCUT2D eigenvalue weighted by Gasteiger charge is 2.24. The van der Waals surface area contributed by atoms with Crippen LogP contribution in [0.2, 0.25) is 0 Å². The fraction of sp³-hybridized carbons (Fsp3) is 0.850. The average molecular weight is 398 g/mol. The number of carbonyl (C=O) groups is 3. The van der Waals surface area contributed by atoms with Gasteiger partial charge < -0.3 is 27.0 Å². The van der Waals surface area contributed by atoms with E-state index < -0.39 is 6.04 Å². The van der Waals surface area contributed by atoms with E-state index in [0.29, 0.717) is 6.54 Å². The summed E-state index contributed by atoms with van der Waals surface area (Å²) in [4.78, 5) is 36.0. The Hall–Kier alpha value is -1.67. The Kier molecular flexibility index (Phi) is 13.3. The van der Waals surface area contributed by atoms with E-state index in [1.54, 1.807) is 6.92 Å². The Morgan fingerprint density at radius 2 is 1.64 bits per heavy atom. The van der Waals surface area contributed by atoms with Gasteiger partial charge in [0.2, 0.25) is 17.7 Å². The average Bonchev–Trinajstić information content (AvgIpc) is 2.70. The maximum absolute atomic E-state index is 12.2. The molecule has 1 atom stereocenters. The minimum Gasteiger partial charge on any atom is -0.356 e. The van der Waals surface area contributed by atoms with Crippen molar-refractivity contribution in [2.45, 2.75) is 70.8 Å². The predicted molar refractivity (Wildman–Crippen MR) is 111 cm³/mol. The Balaban J connectivity index is 2.03. The molecule has 0 saturated heterocycles. The monoisotopic (exact) mass is 397 g/mol. The first-order valence-electron chi connectivity index (χ1n) is 10.8. The van der Waals surface area contributed by atoms with Crippen molar-refractivity contribution >= 4 is 17.7 Å². The normalized spacial score (nSPS) is 15.6. The molecule has 1 fully saturated rings. The van der Waals surface area contributed by atoms with Crippen LogP contribution in [0, 0.1) is 5.92 Å². The lowest BCUT2D eigenvalue weighted by atomic mass is 9.88. The van der Waals surface area contributed by atoms with Gasteiger partial charge in [0.1, 0.15) is 6.04 Å². The summed E-state index contributed by atoms with van der Waals surface area (Å²) in [5.74, 6) is -0.331. The highest BCUT2D eigenvalue weighted by molar-refractivity contribution is 5.88. The third-order valence-electron chi connectivity index (χ3n) is 5.04. The maximum Gasteiger partial charge on any atom is 0.242 e. The van der Waals surface area contributed by atoms with Gasteiger partial charge in [-0.3, -0.25) is 14.4 Å². The van der Waals surface area contributed by atoms with Gasteiger partial charge in [-0.1, -0.05) is 19.3 Å². The molecule has 0 aromatic carbocycles. The zero-order chi connectivity index (χ0) is 20.6. The molecule has 0 aliphatic heterocycles. The molecule has 8 nitrogen and oxygen atoms in total. The molecule has 0 bridgehead atoms. The van der Waals surface area contributed by atoms with Gasteiger partial charge in [0.15, 0.2) is 0 Å². The van der Waals surface area contributed by atoms with Crippen molar-refractivity contribution in [2.24, 2.45) is 11.7 Å². The van der Waals surface area contributed by atoms with Crippen molar-refractivity contribution in [1.29, 1.82) is 0 Å². The van der Waals surface area contributed by atoms with Gasteiger partial charge in [-0.05, 0) is 58.7 Å². The van der Waals surface area contributed by atoms with Crippen LogP contribution in [-0.4, -0.2) is 56.5 Å². The minimum atomic E-state index is -0.581. The zero-order valence-corrected chi connectivity index (χ0v) is 17.4. The lowest BCUT2D eigenvalue weighted by Crippen LogP contribution is -2.47. The van der Waals surface area contributed by atoms with Gasteiger partial charge in [0.25, 0.3) is 0 Å². The van der Waals surface area contributed by atoms with E-state index in [4.69, 9.17) is 5.73 Å². The van der Waals surface area contributed by atoms with Crippen molar-refractivity contribution in [3.05, 3.63) is 0 Å². The first-order chi connectivity index (χ1) is 13.5. The van der Waals surface area contributed by atoms with Crippen molar-refractivity contribution in [2.75, 3.05) is 32.7 Å². The SMILES string of the molecule is CC(NC(=O)C1CCCCC1)C(=O)NCCC(=O)NCCCNCCCCN. The molecule has 0 aromatic heterocycles. The summed E-state index contributed by atoms with van der Waals surface area (Å²) in [7, 11) is 0. The largest absolute Gasteiger partial charge is 0.356 e. The van der Waals surface area contributed by atoms with E-state index in [-0.39, 0.29) is 36.6 Å². The molecular weight excluding hydrogens is 358 g/mol. The molecule has 6 N–H and O–H groups in total. The number of nitrogens with two attached hydrogens (primary N) is 1. The minimum absolute atomic E-state index is 0.0308. The van der Waals surface area contributed by atoms with Crippen LogP contribution in [-0.2, 0) is 14.4 Å². The van der Waals surface area contributed by atoms with Crippen LogP contribution in [0.25, 0.3) is 0 Å². The third kappa shape index (κ3) is 11.2. The van der Waals surface area contributed by atoms with Gasteiger partial charge in [-0.15, -0.1) is 0 Å². The summed E-state index contributed by atoms with van der Waals surface area (Å²) < 4.78 is 0. The molecule has 0 heterocycles. The number of hydrogen-bond donors (Lipinski definition) is 5. The first-order valence-corrected chi connectivity index (χ1v) is 10.8. The lowest BCUT2D eigenvalue weighted by molar-refractivity contribution is -0.131. The van der Waals surface area contributed by atoms with E-state index in [2.05, 4.69) is 21.3 Å². The molecule has 1 rings (SSSR count). The van der Waals surface area contributed by atoms with Crippen LogP contribution in [0.1, 0.15) is 64.7 Å². The molecule has 8 heteroatoms. The molecule has 3 amide bonds. The van der Waals surface area contributed by atoms with Crippen LogP contribution in [0.5, 0.6) is 0 Å². The molecule has 0 aromatic rings. The molecule has 1 aliphatic rings. The second-order valence-electron chi connectivity index (χ2n) is 7.56. The van der Waals surface area contributed by atoms with Gasteiger partial charge >= 0.3 is 0 Å². The molecule has 0 spiro atoms. The molecule has 1 saturated carbocycles. The van der Waals surface area contributed by atoms with Crippen molar-refractivity contribution in [3.8, 4) is 0 Å². The molecule has 0 radical (unpaired) electrons. The van der Waals surface area contributed by atoms with Gasteiger partial charge in [0.05, 0.1) is 0 Å². The molecule has 1 unspecified atom stereocenters. The molecule has 28 heavy (non-hydrogen) atoms. The fourth-order valence-corrected chi connectivity index (χ4v) is 3.26. The molecule has 162 valence electrons. The highest BCUT2D eigenvalue weighted by Crippen LogP contribution is 2.23. The maximum atomic E-state index is 12.2. The number of hydrogen-bond acceptors (Lipinski definition) is 5. The first kappa shape index (κ1) is 24.4. The van der Waals surface area contributed by atoms with E-state index in [1.807, 2.05) is 0 Å². The van der Waals surface area contributed by atoms with Crippen LogP contribution < -0.4 is 27.0 Å². The van der Waals surface area contributed by atoms with Crippen LogP contribution in [0.4, 0.5) is 0 Å². The summed E-state index contributed by atoms with van der Waals surface area (Å²) in [5, 5.41) is 11.7. The third-order valence-corrected chi connectivity index (χ3v) is 5.04. The molecular formula is C20H39N5O3. The summed E-state index contributed by atoms with van der Waals surface area (Å²) in [6.45, 7) is 5.10.